The lowest BCUT2D eigenvalue weighted by Gasteiger charge is -2.32. The zero-order valence-corrected chi connectivity index (χ0v) is 17.7. The van der Waals surface area contributed by atoms with Gasteiger partial charge in [0.2, 0.25) is 15.9 Å². The van der Waals surface area contributed by atoms with Crippen LogP contribution in [-0.2, 0) is 20.6 Å². The van der Waals surface area contributed by atoms with Gasteiger partial charge in [-0.3, -0.25) is 4.79 Å². The number of carbonyl (C=O) groups excluding carboxylic acids is 1. The van der Waals surface area contributed by atoms with Gasteiger partial charge in [-0.05, 0) is 43.4 Å². The summed E-state index contributed by atoms with van der Waals surface area (Å²) in [6.45, 7) is 6.71. The van der Waals surface area contributed by atoms with Gasteiger partial charge in [0.05, 0.1) is 21.7 Å². The summed E-state index contributed by atoms with van der Waals surface area (Å²) in [5.74, 6) is -0.202. The molecule has 5 nitrogen and oxygen atoms in total. The van der Waals surface area contributed by atoms with E-state index in [0.717, 1.165) is 0 Å². The number of rotatable bonds is 6. The van der Waals surface area contributed by atoms with Crippen LogP contribution in [0, 0.1) is 11.8 Å². The smallest absolute Gasteiger partial charge is 0.224 e. The van der Waals surface area contributed by atoms with Crippen molar-refractivity contribution in [1.29, 1.82) is 0 Å². The average Bonchev–Trinajstić information content (AvgIpc) is 2.58. The standard InChI is InChI=1S/C18H26Cl2N2O3S/c1-12(2)13(3)21-18(23)15-5-4-8-22(10-15)26(24,25)11-14-6-7-16(19)17(20)9-14/h6-7,9,12-13,15H,4-5,8,10-11H2,1-3H3,(H,21,23)/t13-,15-/m1/s1. The van der Waals surface area contributed by atoms with E-state index in [4.69, 9.17) is 23.2 Å². The summed E-state index contributed by atoms with van der Waals surface area (Å²) < 4.78 is 27.0. The molecule has 1 fully saturated rings. The summed E-state index contributed by atoms with van der Waals surface area (Å²) in [4.78, 5) is 12.5. The molecule has 0 unspecified atom stereocenters. The summed E-state index contributed by atoms with van der Waals surface area (Å²) in [6.07, 6.45) is 1.38. The van der Waals surface area contributed by atoms with Crippen LogP contribution in [0.2, 0.25) is 10.0 Å². The average molecular weight is 421 g/mol. The van der Waals surface area contributed by atoms with Gasteiger partial charge in [-0.25, -0.2) is 12.7 Å². The van der Waals surface area contributed by atoms with Crippen molar-refractivity contribution >= 4 is 39.1 Å². The summed E-state index contributed by atoms with van der Waals surface area (Å²) >= 11 is 11.9. The minimum absolute atomic E-state index is 0.0608. The zero-order valence-electron chi connectivity index (χ0n) is 15.3. The van der Waals surface area contributed by atoms with E-state index in [1.807, 2.05) is 20.8 Å². The topological polar surface area (TPSA) is 66.5 Å². The lowest BCUT2D eigenvalue weighted by atomic mass is 9.97. The summed E-state index contributed by atoms with van der Waals surface area (Å²) in [5.41, 5.74) is 0.583. The molecule has 1 aromatic rings. The van der Waals surface area contributed by atoms with E-state index in [-0.39, 0.29) is 30.2 Å². The molecule has 1 aliphatic rings. The van der Waals surface area contributed by atoms with Gasteiger partial charge in [0.15, 0.2) is 0 Å². The minimum Gasteiger partial charge on any atom is -0.353 e. The predicted octanol–water partition coefficient (Wildman–Crippen LogP) is 3.70. The normalized spacial score (nSPS) is 20.2. The molecule has 1 heterocycles. The Hall–Kier alpha value is -0.820. The third-order valence-corrected chi connectivity index (χ3v) is 7.41. The molecule has 1 amide bonds. The van der Waals surface area contributed by atoms with Crippen LogP contribution in [0.5, 0.6) is 0 Å². The van der Waals surface area contributed by atoms with E-state index < -0.39 is 10.0 Å². The third-order valence-electron chi connectivity index (χ3n) is 4.85. The summed E-state index contributed by atoms with van der Waals surface area (Å²) in [7, 11) is -3.53. The first-order valence-electron chi connectivity index (χ1n) is 8.82. The molecule has 0 radical (unpaired) electrons. The van der Waals surface area contributed by atoms with Gasteiger partial charge in [-0.2, -0.15) is 0 Å². The Morgan fingerprint density at radius 2 is 1.96 bits per heavy atom. The van der Waals surface area contributed by atoms with Crippen LogP contribution in [0.4, 0.5) is 0 Å². The van der Waals surface area contributed by atoms with Crippen molar-refractivity contribution in [1.82, 2.24) is 9.62 Å². The monoisotopic (exact) mass is 420 g/mol. The molecule has 0 aromatic heterocycles. The number of benzene rings is 1. The van der Waals surface area contributed by atoms with E-state index in [9.17, 15) is 13.2 Å². The van der Waals surface area contributed by atoms with E-state index in [2.05, 4.69) is 5.32 Å². The van der Waals surface area contributed by atoms with Crippen molar-refractivity contribution in [3.8, 4) is 0 Å². The van der Waals surface area contributed by atoms with E-state index >= 15 is 0 Å². The quantitative estimate of drug-likeness (QED) is 0.762. The molecule has 2 atom stereocenters. The molecule has 26 heavy (non-hydrogen) atoms. The van der Waals surface area contributed by atoms with Gasteiger partial charge in [0.1, 0.15) is 0 Å². The molecule has 1 saturated heterocycles. The van der Waals surface area contributed by atoms with Crippen LogP contribution < -0.4 is 5.32 Å². The largest absolute Gasteiger partial charge is 0.353 e. The maximum atomic E-state index is 12.8. The highest BCUT2D eigenvalue weighted by Crippen LogP contribution is 2.26. The Bertz CT molecular complexity index is 753. The molecule has 0 bridgehead atoms. The SMILES string of the molecule is CC(C)[C@@H](C)NC(=O)[C@@H]1CCCN(S(=O)(=O)Cc2ccc(Cl)c(Cl)c2)C1. The van der Waals surface area contributed by atoms with Gasteiger partial charge in [-0.1, -0.05) is 43.1 Å². The molecule has 0 spiro atoms. The second-order valence-electron chi connectivity index (χ2n) is 7.24. The van der Waals surface area contributed by atoms with Gasteiger partial charge >= 0.3 is 0 Å². The zero-order chi connectivity index (χ0) is 19.5. The van der Waals surface area contributed by atoms with Crippen LogP contribution in [0.15, 0.2) is 18.2 Å². The third kappa shape index (κ3) is 5.59. The van der Waals surface area contributed by atoms with Gasteiger partial charge in [0, 0.05) is 19.1 Å². The molecular formula is C18H26Cl2N2O3S. The molecule has 1 N–H and O–H groups in total. The van der Waals surface area contributed by atoms with Crippen LogP contribution >= 0.6 is 23.2 Å². The Labute approximate surface area is 166 Å². The lowest BCUT2D eigenvalue weighted by Crippen LogP contribution is -2.48. The summed E-state index contributed by atoms with van der Waals surface area (Å²) in [6, 6.07) is 4.88. The Balaban J connectivity index is 2.04. The molecule has 1 aliphatic heterocycles. The fourth-order valence-electron chi connectivity index (χ4n) is 2.85. The lowest BCUT2D eigenvalue weighted by molar-refractivity contribution is -0.127. The van der Waals surface area contributed by atoms with Gasteiger partial charge in [-0.15, -0.1) is 0 Å². The molecular weight excluding hydrogens is 395 g/mol. The van der Waals surface area contributed by atoms with E-state index in [1.54, 1.807) is 18.2 Å². The summed E-state index contributed by atoms with van der Waals surface area (Å²) in [5, 5.41) is 3.71. The molecule has 8 heteroatoms. The number of hydrogen-bond donors (Lipinski definition) is 1. The maximum Gasteiger partial charge on any atom is 0.224 e. The molecule has 1 aromatic carbocycles. The number of amides is 1. The minimum atomic E-state index is -3.53. The van der Waals surface area contributed by atoms with E-state index in [1.165, 1.54) is 4.31 Å². The van der Waals surface area contributed by atoms with Crippen LogP contribution in [0.25, 0.3) is 0 Å². The van der Waals surface area contributed by atoms with Gasteiger partial charge in [0.25, 0.3) is 0 Å². The fourth-order valence-corrected chi connectivity index (χ4v) is 4.77. The van der Waals surface area contributed by atoms with E-state index in [0.29, 0.717) is 40.9 Å². The Morgan fingerprint density at radius 3 is 2.58 bits per heavy atom. The Morgan fingerprint density at radius 1 is 1.27 bits per heavy atom. The molecule has 146 valence electrons. The van der Waals surface area contributed by atoms with Crippen LogP contribution in [0.3, 0.4) is 0 Å². The number of hydrogen-bond acceptors (Lipinski definition) is 3. The number of sulfonamides is 1. The second-order valence-corrected chi connectivity index (χ2v) is 10.0. The number of piperidine rings is 1. The first-order chi connectivity index (χ1) is 12.1. The first-order valence-corrected chi connectivity index (χ1v) is 11.2. The van der Waals surface area contributed by atoms with Crippen molar-refractivity contribution in [2.24, 2.45) is 11.8 Å². The van der Waals surface area contributed by atoms with Crippen molar-refractivity contribution in [2.45, 2.75) is 45.4 Å². The van der Waals surface area contributed by atoms with Crippen LogP contribution in [0.1, 0.15) is 39.2 Å². The van der Waals surface area contributed by atoms with Crippen LogP contribution in [-0.4, -0.2) is 37.8 Å². The highest BCUT2D eigenvalue weighted by atomic mass is 35.5. The Kier molecular flexibility index (Phi) is 7.36. The number of halogens is 2. The first kappa shape index (κ1) is 21.5. The highest BCUT2D eigenvalue weighted by Gasteiger charge is 2.33. The van der Waals surface area contributed by atoms with Crippen molar-refractivity contribution in [3.63, 3.8) is 0 Å². The predicted molar refractivity (Wildman–Crippen MR) is 106 cm³/mol. The molecule has 0 saturated carbocycles. The fraction of sp³-hybridized carbons (Fsp3) is 0.611. The number of nitrogens with zero attached hydrogens (tertiary/aromatic N) is 1. The van der Waals surface area contributed by atoms with Crippen molar-refractivity contribution < 1.29 is 13.2 Å². The molecule has 0 aliphatic carbocycles. The number of carbonyl (C=O) groups is 1. The highest BCUT2D eigenvalue weighted by molar-refractivity contribution is 7.88. The molecule has 2 rings (SSSR count). The van der Waals surface area contributed by atoms with Crippen molar-refractivity contribution in [3.05, 3.63) is 33.8 Å². The maximum absolute atomic E-state index is 12.8. The number of nitrogens with one attached hydrogen (secondary N) is 1. The van der Waals surface area contributed by atoms with Gasteiger partial charge < -0.3 is 5.32 Å². The van der Waals surface area contributed by atoms with Crippen molar-refractivity contribution in [2.75, 3.05) is 13.1 Å². The second kappa shape index (κ2) is 8.91.